The van der Waals surface area contributed by atoms with E-state index in [4.69, 9.17) is 5.11 Å². The van der Waals surface area contributed by atoms with E-state index in [0.29, 0.717) is 31.0 Å². The van der Waals surface area contributed by atoms with Crippen LogP contribution in [0.15, 0.2) is 30.5 Å². The Morgan fingerprint density at radius 3 is 2.68 bits per heavy atom. The van der Waals surface area contributed by atoms with E-state index >= 15 is 0 Å². The van der Waals surface area contributed by atoms with E-state index in [1.807, 2.05) is 4.40 Å². The van der Waals surface area contributed by atoms with E-state index in [1.165, 1.54) is 12.1 Å². The highest BCUT2D eigenvalue weighted by atomic mass is 19.2. The molecule has 0 unspecified atom stereocenters. The summed E-state index contributed by atoms with van der Waals surface area (Å²) in [6.07, 6.45) is 3.21. The Morgan fingerprint density at radius 2 is 1.92 bits per heavy atom. The van der Waals surface area contributed by atoms with Crippen molar-refractivity contribution in [1.82, 2.24) is 9.38 Å². The largest absolute Gasteiger partial charge is 0.478 e. The highest BCUT2D eigenvalue weighted by molar-refractivity contribution is 5.88. The molecule has 1 aliphatic carbocycles. The van der Waals surface area contributed by atoms with Gasteiger partial charge < -0.3 is 9.51 Å². The van der Waals surface area contributed by atoms with Crippen LogP contribution in [0.1, 0.15) is 39.6 Å². The third-order valence-corrected chi connectivity index (χ3v) is 4.70. The standard InChI is InChI=1S/C18H13F3N2O2/c19-12-8-14(21)13(20)7-11(12)9-1-2-16-15(5-9)22-17-6-10(18(24)25)3-4-23(16)17/h3-4,6-9H,1-2,5H2,(H,24,25)/t9-/m1/s1. The van der Waals surface area contributed by atoms with Crippen LogP contribution in [0.4, 0.5) is 13.2 Å². The van der Waals surface area contributed by atoms with Crippen LogP contribution in [0.3, 0.4) is 0 Å². The second-order valence-corrected chi connectivity index (χ2v) is 6.18. The van der Waals surface area contributed by atoms with E-state index in [1.54, 1.807) is 6.20 Å². The highest BCUT2D eigenvalue weighted by Crippen LogP contribution is 2.35. The topological polar surface area (TPSA) is 54.6 Å². The molecule has 0 saturated carbocycles. The first-order chi connectivity index (χ1) is 11.9. The second kappa shape index (κ2) is 5.61. The predicted molar refractivity (Wildman–Crippen MR) is 83.2 cm³/mol. The fraction of sp³-hybridized carbons (Fsp3) is 0.222. The molecule has 0 bridgehead atoms. The molecule has 4 nitrogen and oxygen atoms in total. The third kappa shape index (κ3) is 2.56. The zero-order valence-corrected chi connectivity index (χ0v) is 13.0. The summed E-state index contributed by atoms with van der Waals surface area (Å²) < 4.78 is 42.5. The number of aromatic nitrogens is 2. The number of aryl methyl sites for hydroxylation is 1. The smallest absolute Gasteiger partial charge is 0.335 e. The average molecular weight is 346 g/mol. The summed E-state index contributed by atoms with van der Waals surface area (Å²) in [5.74, 6) is -4.36. The molecule has 3 aromatic rings. The number of carbonyl (C=O) groups is 1. The molecule has 25 heavy (non-hydrogen) atoms. The highest BCUT2D eigenvalue weighted by Gasteiger charge is 2.27. The molecule has 0 radical (unpaired) electrons. The van der Waals surface area contributed by atoms with E-state index in [9.17, 15) is 18.0 Å². The SMILES string of the molecule is O=C(O)c1ccn2c3c(nc2c1)C[C@H](c1cc(F)c(F)cc1F)CC3. The fourth-order valence-electron chi connectivity index (χ4n) is 3.47. The van der Waals surface area contributed by atoms with Crippen molar-refractivity contribution < 1.29 is 23.1 Å². The Hall–Kier alpha value is -2.83. The average Bonchev–Trinajstić information content (AvgIpc) is 2.94. The Balaban J connectivity index is 1.73. The normalized spacial score (nSPS) is 16.8. The summed E-state index contributed by atoms with van der Waals surface area (Å²) in [6.45, 7) is 0. The van der Waals surface area contributed by atoms with Crippen LogP contribution in [-0.4, -0.2) is 20.5 Å². The van der Waals surface area contributed by atoms with E-state index in [-0.39, 0.29) is 17.0 Å². The first-order valence-electron chi connectivity index (χ1n) is 7.81. The second-order valence-electron chi connectivity index (χ2n) is 6.18. The molecule has 2 aromatic heterocycles. The van der Waals surface area contributed by atoms with Gasteiger partial charge in [-0.1, -0.05) is 0 Å². The minimum atomic E-state index is -1.20. The van der Waals surface area contributed by atoms with E-state index < -0.39 is 23.4 Å². The van der Waals surface area contributed by atoms with Crippen LogP contribution < -0.4 is 0 Å². The summed E-state index contributed by atoms with van der Waals surface area (Å²) in [6, 6.07) is 4.47. The van der Waals surface area contributed by atoms with Crippen LogP contribution >= 0.6 is 0 Å². The van der Waals surface area contributed by atoms with Crippen molar-refractivity contribution in [3.05, 3.63) is 70.4 Å². The number of benzene rings is 1. The number of hydrogen-bond acceptors (Lipinski definition) is 2. The number of carboxylic acid groups (broad SMARTS) is 1. The lowest BCUT2D eigenvalue weighted by Gasteiger charge is -2.22. The Bertz CT molecular complexity index is 1010. The molecule has 0 amide bonds. The Kier molecular flexibility index (Phi) is 3.52. The van der Waals surface area contributed by atoms with E-state index in [0.717, 1.165) is 17.5 Å². The molecule has 128 valence electrons. The number of imidazole rings is 1. The number of rotatable bonds is 2. The molecule has 0 saturated heterocycles. The van der Waals surface area contributed by atoms with Crippen molar-refractivity contribution in [3.63, 3.8) is 0 Å². The molecule has 1 aliphatic rings. The summed E-state index contributed by atoms with van der Waals surface area (Å²) in [5, 5.41) is 9.07. The lowest BCUT2D eigenvalue weighted by molar-refractivity contribution is 0.0697. The summed E-state index contributed by atoms with van der Waals surface area (Å²) in [7, 11) is 0. The van der Waals surface area contributed by atoms with Gasteiger partial charge in [-0.2, -0.15) is 0 Å². The van der Waals surface area contributed by atoms with Crippen LogP contribution in [0.2, 0.25) is 0 Å². The van der Waals surface area contributed by atoms with E-state index in [2.05, 4.69) is 4.98 Å². The van der Waals surface area contributed by atoms with Gasteiger partial charge in [-0.05, 0) is 48.9 Å². The van der Waals surface area contributed by atoms with Crippen LogP contribution in [-0.2, 0) is 12.8 Å². The van der Waals surface area contributed by atoms with Gasteiger partial charge in [-0.3, -0.25) is 0 Å². The number of aromatic carboxylic acids is 1. The van der Waals surface area contributed by atoms with Crippen molar-refractivity contribution in [2.75, 3.05) is 0 Å². The molecule has 0 spiro atoms. The number of hydrogen-bond donors (Lipinski definition) is 1. The summed E-state index contributed by atoms with van der Waals surface area (Å²) in [4.78, 5) is 15.5. The molecule has 1 N–H and O–H groups in total. The molecule has 1 aromatic carbocycles. The monoisotopic (exact) mass is 346 g/mol. The summed E-state index contributed by atoms with van der Waals surface area (Å²) >= 11 is 0. The molecular weight excluding hydrogens is 333 g/mol. The minimum Gasteiger partial charge on any atom is -0.478 e. The Labute approximate surface area is 140 Å². The quantitative estimate of drug-likeness (QED) is 0.720. The molecule has 0 fully saturated rings. The van der Waals surface area contributed by atoms with Crippen LogP contribution in [0.25, 0.3) is 5.65 Å². The lowest BCUT2D eigenvalue weighted by Crippen LogP contribution is -2.15. The van der Waals surface area contributed by atoms with Gasteiger partial charge in [0, 0.05) is 18.0 Å². The fourth-order valence-corrected chi connectivity index (χ4v) is 3.47. The van der Waals surface area contributed by atoms with Gasteiger partial charge in [0.2, 0.25) is 0 Å². The zero-order valence-electron chi connectivity index (χ0n) is 13.0. The number of halogens is 3. The Morgan fingerprint density at radius 1 is 1.16 bits per heavy atom. The van der Waals surface area contributed by atoms with Crippen molar-refractivity contribution in [3.8, 4) is 0 Å². The van der Waals surface area contributed by atoms with Gasteiger partial charge in [-0.25, -0.2) is 22.9 Å². The van der Waals surface area contributed by atoms with Gasteiger partial charge in [0.1, 0.15) is 11.5 Å². The molecule has 0 aliphatic heterocycles. The van der Waals surface area contributed by atoms with Gasteiger partial charge in [0.15, 0.2) is 11.6 Å². The van der Waals surface area contributed by atoms with Gasteiger partial charge in [0.25, 0.3) is 0 Å². The molecule has 4 rings (SSSR count). The predicted octanol–water partition coefficient (Wildman–Crippen LogP) is 3.72. The molecule has 2 heterocycles. The first-order valence-corrected chi connectivity index (χ1v) is 7.81. The summed E-state index contributed by atoms with van der Waals surface area (Å²) in [5.41, 5.74) is 2.45. The first kappa shape index (κ1) is 15.7. The maximum Gasteiger partial charge on any atom is 0.335 e. The van der Waals surface area contributed by atoms with Crippen molar-refractivity contribution >= 4 is 11.6 Å². The zero-order chi connectivity index (χ0) is 17.7. The van der Waals surface area contributed by atoms with Crippen molar-refractivity contribution in [2.24, 2.45) is 0 Å². The van der Waals surface area contributed by atoms with Crippen LogP contribution in [0.5, 0.6) is 0 Å². The third-order valence-electron chi connectivity index (χ3n) is 4.70. The number of pyridine rings is 1. The number of carboxylic acids is 1. The molecule has 7 heteroatoms. The van der Waals surface area contributed by atoms with Gasteiger partial charge >= 0.3 is 5.97 Å². The molecule has 1 atom stereocenters. The maximum absolute atomic E-state index is 14.0. The number of nitrogens with zero attached hydrogens (tertiary/aromatic N) is 2. The number of fused-ring (bicyclic) bond motifs is 3. The van der Waals surface area contributed by atoms with Gasteiger partial charge in [0.05, 0.1) is 11.3 Å². The van der Waals surface area contributed by atoms with Crippen LogP contribution in [0, 0.1) is 17.5 Å². The molecular formula is C18H13F3N2O2. The minimum absolute atomic E-state index is 0.137. The van der Waals surface area contributed by atoms with Gasteiger partial charge in [-0.15, -0.1) is 0 Å². The van der Waals surface area contributed by atoms with Crippen molar-refractivity contribution in [1.29, 1.82) is 0 Å². The lowest BCUT2D eigenvalue weighted by atomic mass is 9.84. The maximum atomic E-state index is 14.0. The van der Waals surface area contributed by atoms with Crippen molar-refractivity contribution in [2.45, 2.75) is 25.2 Å².